The summed E-state index contributed by atoms with van der Waals surface area (Å²) in [5, 5.41) is 26.8. The average Bonchev–Trinajstić information content (AvgIpc) is 2.11. The number of nitrogens with zero attached hydrogens (tertiary/aromatic N) is 1. The van der Waals surface area contributed by atoms with Gasteiger partial charge in [-0.15, -0.1) is 0 Å². The first-order valence-electron chi connectivity index (χ1n) is 2.99. The summed E-state index contributed by atoms with van der Waals surface area (Å²) in [5.74, 6) is -1.19. The molecule has 1 rings (SSSR count). The monoisotopic (exact) mass is 147 g/mol. The first-order valence-corrected chi connectivity index (χ1v) is 2.99. The molecule has 10 heavy (non-hydrogen) atoms. The number of carboxylic acids is 1. The van der Waals surface area contributed by atoms with Crippen LogP contribution >= 0.6 is 0 Å². The molecule has 0 aromatic heterocycles. The van der Waals surface area contributed by atoms with Crippen molar-refractivity contribution in [3.63, 3.8) is 0 Å². The first-order chi connectivity index (χ1) is 4.63. The van der Waals surface area contributed by atoms with E-state index in [-0.39, 0.29) is 6.54 Å². The van der Waals surface area contributed by atoms with Crippen LogP contribution in [0.15, 0.2) is 0 Å². The number of hydroxylamine groups is 2. The number of rotatable bonds is 1. The van der Waals surface area contributed by atoms with E-state index in [0.717, 1.165) is 0 Å². The van der Waals surface area contributed by atoms with Crippen LogP contribution in [0.4, 0.5) is 0 Å². The standard InChI is InChI=1S/C5H9NO4/c7-3-1-2-6(10)4(3)5(8)9/h3-4,7,10H,1-2H2,(H,8,9)/t3?,4-/m0/s1. The van der Waals surface area contributed by atoms with Crippen molar-refractivity contribution in [2.24, 2.45) is 0 Å². The molecule has 2 atom stereocenters. The number of hydrogen-bond acceptors (Lipinski definition) is 4. The van der Waals surface area contributed by atoms with Crippen LogP contribution in [0.25, 0.3) is 0 Å². The summed E-state index contributed by atoms with van der Waals surface area (Å²) >= 11 is 0. The number of hydrogen-bond donors (Lipinski definition) is 3. The summed E-state index contributed by atoms with van der Waals surface area (Å²) < 4.78 is 0. The van der Waals surface area contributed by atoms with Gasteiger partial charge in [0, 0.05) is 6.54 Å². The van der Waals surface area contributed by atoms with E-state index in [9.17, 15) is 4.79 Å². The summed E-state index contributed by atoms with van der Waals surface area (Å²) in [5.41, 5.74) is 0. The normalized spacial score (nSPS) is 34.6. The Bertz CT molecular complexity index is 139. The number of aliphatic carboxylic acids is 1. The zero-order valence-corrected chi connectivity index (χ0v) is 5.27. The molecule has 0 saturated carbocycles. The van der Waals surface area contributed by atoms with Gasteiger partial charge in [-0.3, -0.25) is 4.79 Å². The van der Waals surface area contributed by atoms with Gasteiger partial charge in [-0.25, -0.2) is 0 Å². The van der Waals surface area contributed by atoms with Crippen LogP contribution in [0.1, 0.15) is 6.42 Å². The fourth-order valence-electron chi connectivity index (χ4n) is 1.05. The second-order valence-electron chi connectivity index (χ2n) is 2.30. The summed E-state index contributed by atoms with van der Waals surface area (Å²) in [6.07, 6.45) is -0.629. The molecule has 1 aliphatic heterocycles. The number of aliphatic hydroxyl groups is 1. The van der Waals surface area contributed by atoms with Crippen LogP contribution in [0.3, 0.4) is 0 Å². The third-order valence-electron chi connectivity index (χ3n) is 1.59. The molecule has 1 heterocycles. The number of carboxylic acid groups (broad SMARTS) is 1. The number of aliphatic hydroxyl groups excluding tert-OH is 1. The average molecular weight is 147 g/mol. The lowest BCUT2D eigenvalue weighted by Crippen LogP contribution is -2.39. The molecule has 1 saturated heterocycles. The fourth-order valence-corrected chi connectivity index (χ4v) is 1.05. The van der Waals surface area contributed by atoms with Crippen molar-refractivity contribution in [1.82, 2.24) is 5.06 Å². The largest absolute Gasteiger partial charge is 0.480 e. The Morgan fingerprint density at radius 3 is 2.40 bits per heavy atom. The highest BCUT2D eigenvalue weighted by atomic mass is 16.5. The molecule has 5 nitrogen and oxygen atoms in total. The molecule has 0 radical (unpaired) electrons. The second kappa shape index (κ2) is 2.53. The van der Waals surface area contributed by atoms with Crippen molar-refractivity contribution in [1.29, 1.82) is 0 Å². The SMILES string of the molecule is O=C(O)[C@@H]1C(O)CCN1O. The van der Waals surface area contributed by atoms with Gasteiger partial charge < -0.3 is 15.4 Å². The van der Waals surface area contributed by atoms with Gasteiger partial charge in [-0.2, -0.15) is 5.06 Å². The van der Waals surface area contributed by atoms with Crippen molar-refractivity contribution >= 4 is 5.97 Å². The van der Waals surface area contributed by atoms with Crippen LogP contribution in [0.2, 0.25) is 0 Å². The van der Waals surface area contributed by atoms with Gasteiger partial charge in [0.2, 0.25) is 0 Å². The molecule has 0 aromatic carbocycles. The third kappa shape index (κ3) is 1.11. The Kier molecular flexibility index (Phi) is 1.89. The van der Waals surface area contributed by atoms with E-state index in [1.54, 1.807) is 0 Å². The van der Waals surface area contributed by atoms with Gasteiger partial charge in [0.15, 0.2) is 6.04 Å². The van der Waals surface area contributed by atoms with Crippen LogP contribution in [0, 0.1) is 0 Å². The van der Waals surface area contributed by atoms with Gasteiger partial charge in [0.25, 0.3) is 0 Å². The quantitative estimate of drug-likeness (QED) is 0.438. The van der Waals surface area contributed by atoms with Crippen molar-refractivity contribution < 1.29 is 20.2 Å². The van der Waals surface area contributed by atoms with Gasteiger partial charge in [0.05, 0.1) is 6.10 Å². The van der Waals surface area contributed by atoms with Gasteiger partial charge >= 0.3 is 5.97 Å². The summed E-state index contributed by atoms with van der Waals surface area (Å²) in [7, 11) is 0. The first kappa shape index (κ1) is 7.46. The second-order valence-corrected chi connectivity index (χ2v) is 2.30. The predicted octanol–water partition coefficient (Wildman–Crippen LogP) is -1.10. The molecule has 0 aliphatic carbocycles. The minimum absolute atomic E-state index is 0.220. The van der Waals surface area contributed by atoms with E-state index in [0.29, 0.717) is 11.5 Å². The van der Waals surface area contributed by atoms with E-state index in [1.807, 2.05) is 0 Å². The highest BCUT2D eigenvalue weighted by molar-refractivity contribution is 5.74. The molecular formula is C5H9NO4. The van der Waals surface area contributed by atoms with Crippen molar-refractivity contribution in [3.05, 3.63) is 0 Å². The molecule has 0 amide bonds. The molecule has 3 N–H and O–H groups in total. The summed E-state index contributed by atoms with van der Waals surface area (Å²) in [6.45, 7) is 0.220. The topological polar surface area (TPSA) is 81.0 Å². The maximum Gasteiger partial charge on any atom is 0.326 e. The van der Waals surface area contributed by atoms with Crippen molar-refractivity contribution in [3.8, 4) is 0 Å². The van der Waals surface area contributed by atoms with E-state index in [4.69, 9.17) is 15.4 Å². The summed E-state index contributed by atoms with van der Waals surface area (Å²) in [4.78, 5) is 10.3. The van der Waals surface area contributed by atoms with Crippen LogP contribution < -0.4 is 0 Å². The molecule has 1 aliphatic rings. The highest BCUT2D eigenvalue weighted by Gasteiger charge is 2.37. The van der Waals surface area contributed by atoms with Crippen LogP contribution in [0.5, 0.6) is 0 Å². The molecule has 0 spiro atoms. The highest BCUT2D eigenvalue weighted by Crippen LogP contribution is 2.14. The van der Waals surface area contributed by atoms with E-state index in [2.05, 4.69) is 0 Å². The molecule has 5 heteroatoms. The smallest absolute Gasteiger partial charge is 0.326 e. The maximum atomic E-state index is 10.3. The Morgan fingerprint density at radius 2 is 2.20 bits per heavy atom. The third-order valence-corrected chi connectivity index (χ3v) is 1.59. The van der Waals surface area contributed by atoms with Gasteiger partial charge in [-0.1, -0.05) is 0 Å². The molecule has 0 aromatic rings. The number of carbonyl (C=O) groups is 1. The molecule has 1 fully saturated rings. The Hall–Kier alpha value is -0.650. The predicted molar refractivity (Wildman–Crippen MR) is 30.5 cm³/mol. The van der Waals surface area contributed by atoms with Crippen molar-refractivity contribution in [2.75, 3.05) is 6.54 Å². The maximum absolute atomic E-state index is 10.3. The Morgan fingerprint density at radius 1 is 1.60 bits per heavy atom. The molecular weight excluding hydrogens is 138 g/mol. The molecule has 0 bridgehead atoms. The van der Waals surface area contributed by atoms with E-state index in [1.165, 1.54) is 0 Å². The zero-order chi connectivity index (χ0) is 7.72. The van der Waals surface area contributed by atoms with Gasteiger partial charge in [0.1, 0.15) is 0 Å². The van der Waals surface area contributed by atoms with Crippen LogP contribution in [-0.4, -0.2) is 45.1 Å². The zero-order valence-electron chi connectivity index (χ0n) is 5.27. The van der Waals surface area contributed by atoms with E-state index < -0.39 is 18.1 Å². The lowest BCUT2D eigenvalue weighted by molar-refractivity contribution is -0.166. The van der Waals surface area contributed by atoms with Gasteiger partial charge in [-0.05, 0) is 6.42 Å². The lowest BCUT2D eigenvalue weighted by Gasteiger charge is -2.14. The molecule has 1 unspecified atom stereocenters. The Balaban J connectivity index is 2.63. The van der Waals surface area contributed by atoms with Crippen molar-refractivity contribution in [2.45, 2.75) is 18.6 Å². The summed E-state index contributed by atoms with van der Waals surface area (Å²) in [6, 6.07) is -1.14. The fraction of sp³-hybridized carbons (Fsp3) is 0.800. The minimum Gasteiger partial charge on any atom is -0.480 e. The molecule has 58 valence electrons. The Labute approximate surface area is 57.5 Å². The van der Waals surface area contributed by atoms with Crippen LogP contribution in [-0.2, 0) is 4.79 Å². The minimum atomic E-state index is -1.19. The lowest BCUT2D eigenvalue weighted by atomic mass is 10.2. The van der Waals surface area contributed by atoms with E-state index >= 15 is 0 Å².